The third kappa shape index (κ3) is 8.80. The van der Waals surface area contributed by atoms with Gasteiger partial charge in [-0.1, -0.05) is 71.6 Å². The summed E-state index contributed by atoms with van der Waals surface area (Å²) in [4.78, 5) is 12.0. The Morgan fingerprint density at radius 1 is 1.09 bits per heavy atom. The van der Waals surface area contributed by atoms with Gasteiger partial charge in [-0.15, -0.1) is 0 Å². The summed E-state index contributed by atoms with van der Waals surface area (Å²) in [6.45, 7) is 6.59. The highest BCUT2D eigenvalue weighted by molar-refractivity contribution is 5.69. The summed E-state index contributed by atoms with van der Waals surface area (Å²) in [7, 11) is 0. The zero-order chi connectivity index (χ0) is 16.2. The summed E-state index contributed by atoms with van der Waals surface area (Å²) in [5, 5.41) is 0. The third-order valence-corrected chi connectivity index (χ3v) is 5.34. The number of esters is 1. The van der Waals surface area contributed by atoms with Gasteiger partial charge in [0.25, 0.3) is 0 Å². The van der Waals surface area contributed by atoms with Crippen LogP contribution in [0.15, 0.2) is 0 Å². The molecule has 1 aliphatic carbocycles. The lowest BCUT2D eigenvalue weighted by Gasteiger charge is -2.22. The van der Waals surface area contributed by atoms with E-state index in [1.54, 1.807) is 0 Å². The van der Waals surface area contributed by atoms with Crippen LogP contribution in [0.25, 0.3) is 0 Å². The van der Waals surface area contributed by atoms with Crippen LogP contribution in [0.5, 0.6) is 0 Å². The van der Waals surface area contributed by atoms with Gasteiger partial charge in [-0.2, -0.15) is 0 Å². The second-order valence-corrected chi connectivity index (χ2v) is 7.34. The van der Waals surface area contributed by atoms with Crippen molar-refractivity contribution in [3.63, 3.8) is 0 Å². The molecule has 0 aromatic carbocycles. The number of hydrogen-bond donors (Lipinski definition) is 0. The first kappa shape index (κ1) is 19.5. The van der Waals surface area contributed by atoms with Crippen LogP contribution in [0.1, 0.15) is 104 Å². The Balaban J connectivity index is 2.11. The molecule has 1 fully saturated rings. The fraction of sp³-hybridized carbons (Fsp3) is 0.950. The smallest absolute Gasteiger partial charge is 0.306 e. The van der Waals surface area contributed by atoms with Crippen molar-refractivity contribution in [3.05, 3.63) is 0 Å². The van der Waals surface area contributed by atoms with Crippen molar-refractivity contribution in [1.29, 1.82) is 0 Å². The van der Waals surface area contributed by atoms with Gasteiger partial charge in [0.05, 0.1) is 6.10 Å². The first-order chi connectivity index (χ1) is 10.7. The molecule has 1 rings (SSSR count). The van der Waals surface area contributed by atoms with E-state index in [2.05, 4.69) is 20.8 Å². The number of unbranched alkanes of at least 4 members (excludes halogenated alkanes) is 1. The van der Waals surface area contributed by atoms with Crippen LogP contribution < -0.4 is 0 Å². The van der Waals surface area contributed by atoms with Crippen LogP contribution in [0.4, 0.5) is 0 Å². The van der Waals surface area contributed by atoms with Gasteiger partial charge >= 0.3 is 5.97 Å². The van der Waals surface area contributed by atoms with Gasteiger partial charge in [-0.25, -0.2) is 0 Å². The number of hydrogen-bond acceptors (Lipinski definition) is 2. The SMILES string of the molecule is CCCC[C@H](CC)CC[C@H](C)OC(=O)CCC1CCCCC1. The quantitative estimate of drug-likeness (QED) is 0.420. The molecule has 22 heavy (non-hydrogen) atoms. The second-order valence-electron chi connectivity index (χ2n) is 7.34. The molecule has 0 unspecified atom stereocenters. The summed E-state index contributed by atoms with van der Waals surface area (Å²) in [6.07, 6.45) is 15.9. The highest BCUT2D eigenvalue weighted by atomic mass is 16.5. The summed E-state index contributed by atoms with van der Waals surface area (Å²) >= 11 is 0. The molecule has 130 valence electrons. The fourth-order valence-electron chi connectivity index (χ4n) is 3.66. The highest BCUT2D eigenvalue weighted by Gasteiger charge is 2.17. The minimum absolute atomic E-state index is 0.0275. The van der Waals surface area contributed by atoms with Gasteiger partial charge in [-0.3, -0.25) is 4.79 Å². The monoisotopic (exact) mass is 310 g/mol. The first-order valence-corrected chi connectivity index (χ1v) is 9.85. The van der Waals surface area contributed by atoms with E-state index in [9.17, 15) is 4.79 Å². The maximum absolute atomic E-state index is 12.0. The van der Waals surface area contributed by atoms with E-state index in [1.807, 2.05) is 0 Å². The Morgan fingerprint density at radius 3 is 2.45 bits per heavy atom. The molecule has 2 atom stereocenters. The van der Waals surface area contributed by atoms with Crippen LogP contribution in [0, 0.1) is 11.8 Å². The van der Waals surface area contributed by atoms with Crippen molar-refractivity contribution >= 4 is 5.97 Å². The summed E-state index contributed by atoms with van der Waals surface area (Å²) in [5.41, 5.74) is 0. The predicted octanol–water partition coefficient (Wildman–Crippen LogP) is 6.28. The van der Waals surface area contributed by atoms with Crippen LogP contribution in [0.2, 0.25) is 0 Å². The lowest BCUT2D eigenvalue weighted by Crippen LogP contribution is -2.17. The van der Waals surface area contributed by atoms with Crippen molar-refractivity contribution in [1.82, 2.24) is 0 Å². The van der Waals surface area contributed by atoms with Gasteiger partial charge in [0.2, 0.25) is 0 Å². The van der Waals surface area contributed by atoms with E-state index in [1.165, 1.54) is 64.2 Å². The van der Waals surface area contributed by atoms with E-state index in [0.29, 0.717) is 6.42 Å². The van der Waals surface area contributed by atoms with E-state index >= 15 is 0 Å². The molecule has 0 aliphatic heterocycles. The molecule has 2 heteroatoms. The van der Waals surface area contributed by atoms with Crippen LogP contribution in [-0.4, -0.2) is 12.1 Å². The zero-order valence-electron chi connectivity index (χ0n) is 15.2. The molecule has 1 saturated carbocycles. The normalized spacial score (nSPS) is 18.9. The lowest BCUT2D eigenvalue weighted by molar-refractivity contribution is -0.149. The highest BCUT2D eigenvalue weighted by Crippen LogP contribution is 2.27. The van der Waals surface area contributed by atoms with Crippen LogP contribution >= 0.6 is 0 Å². The number of rotatable bonds is 11. The lowest BCUT2D eigenvalue weighted by atomic mass is 9.86. The van der Waals surface area contributed by atoms with E-state index in [4.69, 9.17) is 4.74 Å². The Labute approximate surface area is 138 Å². The van der Waals surface area contributed by atoms with E-state index < -0.39 is 0 Å². The molecule has 1 aliphatic rings. The largest absolute Gasteiger partial charge is 0.463 e. The van der Waals surface area contributed by atoms with E-state index in [0.717, 1.165) is 24.7 Å². The van der Waals surface area contributed by atoms with Gasteiger partial charge in [-0.05, 0) is 38.0 Å². The Hall–Kier alpha value is -0.530. The third-order valence-electron chi connectivity index (χ3n) is 5.34. The van der Waals surface area contributed by atoms with Crippen LogP contribution in [0.3, 0.4) is 0 Å². The number of carbonyl (C=O) groups excluding carboxylic acids is 1. The molecule has 0 heterocycles. The summed E-state index contributed by atoms with van der Waals surface area (Å²) in [6, 6.07) is 0. The first-order valence-electron chi connectivity index (χ1n) is 9.85. The van der Waals surface area contributed by atoms with Gasteiger partial charge in [0, 0.05) is 6.42 Å². The van der Waals surface area contributed by atoms with E-state index in [-0.39, 0.29) is 12.1 Å². The fourth-order valence-corrected chi connectivity index (χ4v) is 3.66. The minimum atomic E-state index is 0.0275. The average Bonchev–Trinajstić information content (AvgIpc) is 2.54. The molecule has 2 nitrogen and oxygen atoms in total. The van der Waals surface area contributed by atoms with Crippen molar-refractivity contribution in [2.75, 3.05) is 0 Å². The molecule has 0 saturated heterocycles. The number of carbonyl (C=O) groups is 1. The summed E-state index contributed by atoms with van der Waals surface area (Å²) in [5.74, 6) is 1.61. The topological polar surface area (TPSA) is 26.3 Å². The zero-order valence-corrected chi connectivity index (χ0v) is 15.2. The van der Waals surface area contributed by atoms with Crippen LogP contribution in [-0.2, 0) is 9.53 Å². The molecule has 0 radical (unpaired) electrons. The minimum Gasteiger partial charge on any atom is -0.463 e. The molecule has 0 spiro atoms. The molecule has 0 N–H and O–H groups in total. The van der Waals surface area contributed by atoms with Gasteiger partial charge < -0.3 is 4.74 Å². The van der Waals surface area contributed by atoms with Gasteiger partial charge in [0.15, 0.2) is 0 Å². The molecule has 0 bridgehead atoms. The molecular weight excluding hydrogens is 272 g/mol. The molecule has 0 aromatic rings. The average molecular weight is 311 g/mol. The van der Waals surface area contributed by atoms with Crippen molar-refractivity contribution in [2.45, 2.75) is 110 Å². The van der Waals surface area contributed by atoms with Gasteiger partial charge in [0.1, 0.15) is 0 Å². The standard InChI is InChI=1S/C20H38O2/c1-4-6-10-18(5-2)14-13-17(3)22-20(21)16-15-19-11-8-7-9-12-19/h17-19H,4-16H2,1-3H3/t17-,18-/m0/s1. The summed E-state index contributed by atoms with van der Waals surface area (Å²) < 4.78 is 5.60. The van der Waals surface area contributed by atoms with Crippen molar-refractivity contribution < 1.29 is 9.53 Å². The predicted molar refractivity (Wildman–Crippen MR) is 93.9 cm³/mol. The Morgan fingerprint density at radius 2 is 1.82 bits per heavy atom. The van der Waals surface area contributed by atoms with Crippen molar-refractivity contribution in [2.24, 2.45) is 11.8 Å². The molecule has 0 aromatic heterocycles. The second kappa shape index (κ2) is 12.0. The number of ether oxygens (including phenoxy) is 1. The molecular formula is C20H38O2. The molecule has 0 amide bonds. The maximum Gasteiger partial charge on any atom is 0.306 e. The van der Waals surface area contributed by atoms with Crippen molar-refractivity contribution in [3.8, 4) is 0 Å². The Kier molecular flexibility index (Phi) is 10.6. The maximum atomic E-state index is 12.0. The Bertz CT molecular complexity index is 281.